The maximum Gasteiger partial charge on any atom is 0.237 e. The molecule has 1 aliphatic rings. The molecule has 5 rings (SSSR count). The van der Waals surface area contributed by atoms with Gasteiger partial charge in [0.05, 0.1) is 32.5 Å². The van der Waals surface area contributed by atoms with Crippen LogP contribution >= 0.6 is 11.3 Å². The van der Waals surface area contributed by atoms with Crippen LogP contribution in [0.5, 0.6) is 0 Å². The van der Waals surface area contributed by atoms with E-state index in [4.69, 9.17) is 0 Å². The van der Waals surface area contributed by atoms with Crippen molar-refractivity contribution in [3.8, 4) is 11.1 Å². The number of rotatable bonds is 7. The second kappa shape index (κ2) is 10.9. The van der Waals surface area contributed by atoms with Gasteiger partial charge in [-0.3, -0.25) is 4.72 Å². The van der Waals surface area contributed by atoms with Crippen LogP contribution in [0.2, 0.25) is 0 Å². The molecule has 8 nitrogen and oxygen atoms in total. The van der Waals surface area contributed by atoms with Crippen molar-refractivity contribution in [3.63, 3.8) is 0 Å². The Labute approximate surface area is 236 Å². The lowest BCUT2D eigenvalue weighted by atomic mass is 10.0. The molecule has 12 heteroatoms. The lowest BCUT2D eigenvalue weighted by molar-refractivity contribution is 0.439. The molecule has 3 N–H and O–H groups in total. The highest BCUT2D eigenvalue weighted by Crippen LogP contribution is 2.36. The average Bonchev–Trinajstić information content (AvgIpc) is 3.33. The van der Waals surface area contributed by atoms with Gasteiger partial charge in [-0.1, -0.05) is 6.07 Å². The van der Waals surface area contributed by atoms with Crippen LogP contribution in [-0.2, 0) is 10.0 Å². The van der Waals surface area contributed by atoms with Crippen molar-refractivity contribution >= 4 is 54.6 Å². The van der Waals surface area contributed by atoms with E-state index in [0.29, 0.717) is 34.1 Å². The highest BCUT2D eigenvalue weighted by molar-refractivity contribution is 7.94. The van der Waals surface area contributed by atoms with Crippen LogP contribution in [0, 0.1) is 11.6 Å². The Morgan fingerprint density at radius 1 is 1.05 bits per heavy atom. The van der Waals surface area contributed by atoms with Gasteiger partial charge in [0, 0.05) is 35.8 Å². The zero-order valence-electron chi connectivity index (χ0n) is 22.8. The molecule has 4 aromatic rings. The predicted molar refractivity (Wildman–Crippen MR) is 159 cm³/mol. The van der Waals surface area contributed by atoms with E-state index >= 15 is 4.39 Å². The molecule has 0 radical (unpaired) electrons. The van der Waals surface area contributed by atoms with Crippen LogP contribution in [-0.4, -0.2) is 49.3 Å². The van der Waals surface area contributed by atoms with Gasteiger partial charge in [-0.05, 0) is 76.6 Å². The fraction of sp³-hybridized carbons (Fsp3) is 0.357. The molecule has 2 aromatic heterocycles. The maximum atomic E-state index is 15.1. The molecule has 0 atom stereocenters. The van der Waals surface area contributed by atoms with Gasteiger partial charge in [-0.25, -0.2) is 27.2 Å². The van der Waals surface area contributed by atoms with E-state index in [-0.39, 0.29) is 17.5 Å². The van der Waals surface area contributed by atoms with Crippen molar-refractivity contribution in [2.24, 2.45) is 0 Å². The van der Waals surface area contributed by atoms with Crippen molar-refractivity contribution < 1.29 is 17.2 Å². The smallest absolute Gasteiger partial charge is 0.237 e. The highest BCUT2D eigenvalue weighted by atomic mass is 32.2. The van der Waals surface area contributed by atoms with Crippen LogP contribution in [0.15, 0.2) is 48.0 Å². The number of nitrogens with one attached hydrogen (secondary N) is 3. The quantitative estimate of drug-likeness (QED) is 0.240. The number of nitrogens with zero attached hydrogens (tertiary/aromatic N) is 3. The summed E-state index contributed by atoms with van der Waals surface area (Å²) in [6.07, 6.45) is 3.60. The monoisotopic (exact) mass is 586 g/mol. The molecule has 0 saturated carbocycles. The third-order valence-electron chi connectivity index (χ3n) is 7.09. The van der Waals surface area contributed by atoms with Crippen LogP contribution in [0.3, 0.4) is 0 Å². The number of hydrogen-bond donors (Lipinski definition) is 3. The summed E-state index contributed by atoms with van der Waals surface area (Å²) in [6.45, 7) is 6.21. The minimum Gasteiger partial charge on any atom is -0.369 e. The number of fused-ring (bicyclic) bond motifs is 1. The Morgan fingerprint density at radius 2 is 1.80 bits per heavy atom. The summed E-state index contributed by atoms with van der Waals surface area (Å²) < 4.78 is 56.9. The first-order chi connectivity index (χ1) is 18.9. The standard InChI is InChI=1S/C28H32F2N6O2S2/c1-28(2,3)40(37,38)35-23-13-17(5-7-21(23)29)20-16-39-25-15-32-27(34-26(20)25)33-19-6-8-24(22(30)14-19)36-11-9-18(31-4)10-12-36/h5-8,13-16,18,31,35H,9-12H2,1-4H3,(H,32,33,34). The van der Waals surface area contributed by atoms with E-state index < -0.39 is 20.6 Å². The molecule has 1 saturated heterocycles. The van der Waals surface area contributed by atoms with Crippen LogP contribution < -0.4 is 20.3 Å². The van der Waals surface area contributed by atoms with Crippen molar-refractivity contribution in [2.75, 3.05) is 35.1 Å². The number of sulfonamides is 1. The van der Waals surface area contributed by atoms with Crippen LogP contribution in [0.25, 0.3) is 21.3 Å². The normalized spacial score (nSPS) is 15.0. The summed E-state index contributed by atoms with van der Waals surface area (Å²) in [4.78, 5) is 11.1. The van der Waals surface area contributed by atoms with Gasteiger partial charge in [0.25, 0.3) is 0 Å². The number of hydrogen-bond acceptors (Lipinski definition) is 8. The Hall–Kier alpha value is -3.35. The van der Waals surface area contributed by atoms with Crippen LogP contribution in [0.1, 0.15) is 33.6 Å². The Bertz CT molecular complexity index is 1640. The molecule has 3 heterocycles. The van der Waals surface area contributed by atoms with E-state index in [9.17, 15) is 12.8 Å². The molecule has 2 aromatic carbocycles. The number of thiophene rings is 1. The lowest BCUT2D eigenvalue weighted by Crippen LogP contribution is -2.41. The van der Waals surface area contributed by atoms with Gasteiger partial charge in [0.1, 0.15) is 11.6 Å². The number of benzene rings is 2. The molecule has 0 bridgehead atoms. The molecule has 0 aliphatic carbocycles. The third-order valence-corrected chi connectivity index (χ3v) is 10.1. The summed E-state index contributed by atoms with van der Waals surface area (Å²) in [6, 6.07) is 9.74. The van der Waals surface area contributed by atoms with Gasteiger partial charge in [-0.2, -0.15) is 0 Å². The third kappa shape index (κ3) is 5.74. The first-order valence-corrected chi connectivity index (χ1v) is 15.4. The molecule has 0 spiro atoms. The molecule has 212 valence electrons. The van der Waals surface area contributed by atoms with Gasteiger partial charge in [0.2, 0.25) is 16.0 Å². The zero-order valence-corrected chi connectivity index (χ0v) is 24.4. The Kier molecular flexibility index (Phi) is 7.68. The fourth-order valence-corrected chi connectivity index (χ4v) is 6.17. The number of aromatic nitrogens is 2. The largest absolute Gasteiger partial charge is 0.369 e. The van der Waals surface area contributed by atoms with Crippen LogP contribution in [0.4, 0.5) is 31.8 Å². The van der Waals surface area contributed by atoms with E-state index in [1.54, 1.807) is 45.2 Å². The number of piperidine rings is 1. The van der Waals surface area contributed by atoms with Crippen molar-refractivity contribution in [1.29, 1.82) is 0 Å². The summed E-state index contributed by atoms with van der Waals surface area (Å²) in [5.41, 5.74) is 2.87. The molecule has 40 heavy (non-hydrogen) atoms. The second-order valence-corrected chi connectivity index (χ2v) is 14.2. The summed E-state index contributed by atoms with van der Waals surface area (Å²) in [5, 5.41) is 8.23. The minimum atomic E-state index is -3.82. The second-order valence-electron chi connectivity index (χ2n) is 10.8. The maximum absolute atomic E-state index is 15.1. The van der Waals surface area contributed by atoms with Crippen molar-refractivity contribution in [1.82, 2.24) is 15.3 Å². The molecule has 0 unspecified atom stereocenters. The fourth-order valence-electron chi connectivity index (χ4n) is 4.54. The summed E-state index contributed by atoms with van der Waals surface area (Å²) in [5.74, 6) is -0.711. The van der Waals surface area contributed by atoms with E-state index in [1.165, 1.54) is 29.5 Å². The van der Waals surface area contributed by atoms with Gasteiger partial charge in [0.15, 0.2) is 0 Å². The topological polar surface area (TPSA) is 99.2 Å². The van der Waals surface area contributed by atoms with Crippen molar-refractivity contribution in [3.05, 3.63) is 59.6 Å². The first-order valence-electron chi connectivity index (χ1n) is 13.0. The Morgan fingerprint density at radius 3 is 2.48 bits per heavy atom. The first kappa shape index (κ1) is 28.2. The van der Waals surface area contributed by atoms with E-state index in [1.807, 2.05) is 12.4 Å². The summed E-state index contributed by atoms with van der Waals surface area (Å²) >= 11 is 1.42. The Balaban J connectivity index is 1.39. The zero-order chi connectivity index (χ0) is 28.7. The molecule has 1 aliphatic heterocycles. The molecular formula is C28H32F2N6O2S2. The summed E-state index contributed by atoms with van der Waals surface area (Å²) in [7, 11) is -1.87. The number of anilines is 4. The highest BCUT2D eigenvalue weighted by Gasteiger charge is 2.30. The molecule has 0 amide bonds. The predicted octanol–water partition coefficient (Wildman–Crippen LogP) is 6.11. The minimum absolute atomic E-state index is 0.134. The molecular weight excluding hydrogens is 554 g/mol. The van der Waals surface area contributed by atoms with Crippen molar-refractivity contribution in [2.45, 2.75) is 44.4 Å². The average molecular weight is 587 g/mol. The van der Waals surface area contributed by atoms with Gasteiger partial charge >= 0.3 is 0 Å². The SMILES string of the molecule is CNC1CCN(c2ccc(Nc3ncc4scc(-c5ccc(F)c(NS(=O)(=O)C(C)(C)C)c5)c4n3)cc2F)CC1. The van der Waals surface area contributed by atoms with E-state index in [2.05, 4.69) is 30.2 Å². The van der Waals surface area contributed by atoms with E-state index in [0.717, 1.165) is 30.6 Å². The lowest BCUT2D eigenvalue weighted by Gasteiger charge is -2.33. The number of halogens is 2. The molecule has 1 fully saturated rings. The van der Waals surface area contributed by atoms with Gasteiger partial charge in [-0.15, -0.1) is 11.3 Å². The van der Waals surface area contributed by atoms with Gasteiger partial charge < -0.3 is 15.5 Å².